The third-order valence-corrected chi connectivity index (χ3v) is 3.80. The zero-order chi connectivity index (χ0) is 12.4. The molecule has 1 aromatic heterocycles. The maximum absolute atomic E-state index is 11.8. The Morgan fingerprint density at radius 2 is 2.24 bits per heavy atom. The highest BCUT2D eigenvalue weighted by molar-refractivity contribution is 8.18. The van der Waals surface area contributed by atoms with Crippen molar-refractivity contribution in [3.05, 3.63) is 27.3 Å². The normalized spacial score (nSPS) is 18.2. The number of Topliss-reactive ketones (excluding diaryl/α,β-unsaturated/α-hetero) is 1. The summed E-state index contributed by atoms with van der Waals surface area (Å²) in [6, 6.07) is 3.74. The van der Waals surface area contributed by atoms with Crippen LogP contribution in [0.15, 0.2) is 22.4 Å². The minimum absolute atomic E-state index is 0.146. The van der Waals surface area contributed by atoms with Crippen molar-refractivity contribution in [3.63, 3.8) is 0 Å². The van der Waals surface area contributed by atoms with Crippen molar-refractivity contribution in [2.75, 3.05) is 6.54 Å². The second-order valence-corrected chi connectivity index (χ2v) is 5.46. The summed E-state index contributed by atoms with van der Waals surface area (Å²) in [6.07, 6.45) is 1.68. The number of ketones is 1. The molecule has 1 fully saturated rings. The van der Waals surface area contributed by atoms with Crippen LogP contribution in [0.3, 0.4) is 0 Å². The highest BCUT2D eigenvalue weighted by atomic mass is 32.2. The number of hydrogen-bond donors (Lipinski definition) is 0. The maximum atomic E-state index is 11.8. The van der Waals surface area contributed by atoms with E-state index in [4.69, 9.17) is 0 Å². The molecule has 1 aliphatic rings. The predicted molar refractivity (Wildman–Crippen MR) is 67.7 cm³/mol. The quantitative estimate of drug-likeness (QED) is 0.789. The average molecular weight is 267 g/mol. The molecule has 0 atom stereocenters. The van der Waals surface area contributed by atoms with E-state index >= 15 is 0 Å². The lowest BCUT2D eigenvalue weighted by atomic mass is 10.3. The standard InChI is InChI=1S/C11H9NO3S2/c1-7(13)6-12-10(14)9(17-11(12)15)5-8-3-2-4-16-8/h2-5H,6H2,1H3/b9-5-. The lowest BCUT2D eigenvalue weighted by molar-refractivity contribution is -0.127. The number of imide groups is 1. The Kier molecular flexibility index (Phi) is 3.44. The Balaban J connectivity index is 2.21. The predicted octanol–water partition coefficient (Wildman–Crippen LogP) is 2.37. The molecule has 0 spiro atoms. The second kappa shape index (κ2) is 4.85. The lowest BCUT2D eigenvalue weighted by Crippen LogP contribution is -2.32. The molecule has 1 aliphatic heterocycles. The van der Waals surface area contributed by atoms with Crippen LogP contribution in [-0.4, -0.2) is 28.4 Å². The summed E-state index contributed by atoms with van der Waals surface area (Å²) in [5.41, 5.74) is 0. The molecule has 88 valence electrons. The molecule has 2 rings (SSSR count). The third-order valence-electron chi connectivity index (χ3n) is 2.07. The van der Waals surface area contributed by atoms with Gasteiger partial charge in [0.2, 0.25) is 0 Å². The molecule has 2 amide bonds. The number of nitrogens with zero attached hydrogens (tertiary/aromatic N) is 1. The molecule has 1 aromatic rings. The first-order chi connectivity index (χ1) is 8.08. The van der Waals surface area contributed by atoms with Crippen molar-refractivity contribution >= 4 is 46.1 Å². The van der Waals surface area contributed by atoms with Gasteiger partial charge in [0.1, 0.15) is 5.78 Å². The minimum atomic E-state index is -0.386. The van der Waals surface area contributed by atoms with Crippen LogP contribution in [0.25, 0.3) is 6.08 Å². The highest BCUT2D eigenvalue weighted by Gasteiger charge is 2.35. The Hall–Kier alpha value is -1.40. The molecule has 0 radical (unpaired) electrons. The summed E-state index contributed by atoms with van der Waals surface area (Å²) in [5, 5.41) is 1.51. The molecule has 0 aliphatic carbocycles. The van der Waals surface area contributed by atoms with Gasteiger partial charge in [0.15, 0.2) is 0 Å². The number of hydrogen-bond acceptors (Lipinski definition) is 5. The van der Waals surface area contributed by atoms with Crippen LogP contribution in [0.4, 0.5) is 4.79 Å². The molecule has 0 bridgehead atoms. The number of thiophene rings is 1. The average Bonchev–Trinajstić information content (AvgIpc) is 2.83. The molecule has 0 saturated carbocycles. The third kappa shape index (κ3) is 2.65. The van der Waals surface area contributed by atoms with Crippen LogP contribution in [0.2, 0.25) is 0 Å². The summed E-state index contributed by atoms with van der Waals surface area (Å²) in [7, 11) is 0. The molecule has 4 nitrogen and oxygen atoms in total. The zero-order valence-corrected chi connectivity index (χ0v) is 10.6. The fourth-order valence-corrected chi connectivity index (χ4v) is 2.92. The number of carbonyl (C=O) groups is 3. The van der Waals surface area contributed by atoms with E-state index in [1.807, 2.05) is 17.5 Å². The van der Waals surface area contributed by atoms with Gasteiger partial charge < -0.3 is 0 Å². The van der Waals surface area contributed by atoms with Crippen molar-refractivity contribution in [1.29, 1.82) is 0 Å². The lowest BCUT2D eigenvalue weighted by Gasteiger charge is -2.08. The highest BCUT2D eigenvalue weighted by Crippen LogP contribution is 2.32. The van der Waals surface area contributed by atoms with E-state index in [1.165, 1.54) is 18.3 Å². The molecule has 2 heterocycles. The van der Waals surface area contributed by atoms with Gasteiger partial charge in [-0.2, -0.15) is 0 Å². The summed E-state index contributed by atoms with van der Waals surface area (Å²) < 4.78 is 0. The van der Waals surface area contributed by atoms with Gasteiger partial charge in [0.25, 0.3) is 11.1 Å². The number of amides is 2. The fourth-order valence-electron chi connectivity index (χ4n) is 1.36. The molecule has 0 aromatic carbocycles. The van der Waals surface area contributed by atoms with Crippen molar-refractivity contribution in [3.8, 4) is 0 Å². The van der Waals surface area contributed by atoms with Crippen LogP contribution < -0.4 is 0 Å². The van der Waals surface area contributed by atoms with E-state index in [-0.39, 0.29) is 23.5 Å². The summed E-state index contributed by atoms with van der Waals surface area (Å²) in [6.45, 7) is 1.21. The van der Waals surface area contributed by atoms with Gasteiger partial charge in [-0.25, -0.2) is 0 Å². The zero-order valence-electron chi connectivity index (χ0n) is 9.00. The number of carbonyl (C=O) groups excluding carboxylic acids is 3. The van der Waals surface area contributed by atoms with E-state index < -0.39 is 0 Å². The Morgan fingerprint density at radius 1 is 1.47 bits per heavy atom. The first-order valence-corrected chi connectivity index (χ1v) is 6.56. The van der Waals surface area contributed by atoms with Crippen molar-refractivity contribution in [2.45, 2.75) is 6.92 Å². The van der Waals surface area contributed by atoms with E-state index in [2.05, 4.69) is 0 Å². The molecule has 6 heteroatoms. The molecule has 0 unspecified atom stereocenters. The molecular weight excluding hydrogens is 258 g/mol. The van der Waals surface area contributed by atoms with Crippen LogP contribution in [-0.2, 0) is 9.59 Å². The van der Waals surface area contributed by atoms with Crippen LogP contribution >= 0.6 is 23.1 Å². The molecule has 1 saturated heterocycles. The Labute approximate surface area is 106 Å². The first kappa shape index (κ1) is 12.1. The Morgan fingerprint density at radius 3 is 2.82 bits per heavy atom. The fraction of sp³-hybridized carbons (Fsp3) is 0.182. The smallest absolute Gasteiger partial charge is 0.293 e. The maximum Gasteiger partial charge on any atom is 0.293 e. The summed E-state index contributed by atoms with van der Waals surface area (Å²) in [5.74, 6) is -0.590. The Bertz CT molecular complexity index is 505. The minimum Gasteiger partial charge on any atom is -0.298 e. The van der Waals surface area contributed by atoms with E-state index in [0.717, 1.165) is 21.5 Å². The van der Waals surface area contributed by atoms with Gasteiger partial charge in [-0.05, 0) is 36.2 Å². The van der Waals surface area contributed by atoms with Crippen molar-refractivity contribution in [2.24, 2.45) is 0 Å². The molecule has 0 N–H and O–H groups in total. The van der Waals surface area contributed by atoms with Gasteiger partial charge in [-0.3, -0.25) is 19.3 Å². The van der Waals surface area contributed by atoms with Crippen LogP contribution in [0, 0.1) is 0 Å². The van der Waals surface area contributed by atoms with Crippen molar-refractivity contribution in [1.82, 2.24) is 4.90 Å². The van der Waals surface area contributed by atoms with Gasteiger partial charge in [0.05, 0.1) is 11.4 Å². The van der Waals surface area contributed by atoms with E-state index in [9.17, 15) is 14.4 Å². The van der Waals surface area contributed by atoms with Crippen LogP contribution in [0.5, 0.6) is 0 Å². The molecular formula is C11H9NO3S2. The summed E-state index contributed by atoms with van der Waals surface area (Å²) >= 11 is 2.36. The van der Waals surface area contributed by atoms with Crippen molar-refractivity contribution < 1.29 is 14.4 Å². The topological polar surface area (TPSA) is 54.5 Å². The molecule has 17 heavy (non-hydrogen) atoms. The van der Waals surface area contributed by atoms with Crippen LogP contribution in [0.1, 0.15) is 11.8 Å². The van der Waals surface area contributed by atoms with Gasteiger partial charge in [0, 0.05) is 4.88 Å². The first-order valence-electron chi connectivity index (χ1n) is 4.86. The van der Waals surface area contributed by atoms with Gasteiger partial charge in [-0.1, -0.05) is 6.07 Å². The number of thioether (sulfide) groups is 1. The summed E-state index contributed by atoms with van der Waals surface area (Å²) in [4.78, 5) is 36.6. The monoisotopic (exact) mass is 267 g/mol. The largest absolute Gasteiger partial charge is 0.298 e. The van der Waals surface area contributed by atoms with Gasteiger partial charge in [-0.15, -0.1) is 11.3 Å². The number of rotatable bonds is 3. The van der Waals surface area contributed by atoms with E-state index in [0.29, 0.717) is 4.91 Å². The second-order valence-electron chi connectivity index (χ2n) is 3.49. The van der Waals surface area contributed by atoms with Gasteiger partial charge >= 0.3 is 0 Å². The van der Waals surface area contributed by atoms with E-state index in [1.54, 1.807) is 6.08 Å². The SMILES string of the molecule is CC(=O)CN1C(=O)S/C(=C\c2cccs2)C1=O.